The van der Waals surface area contributed by atoms with Gasteiger partial charge in [0.15, 0.2) is 0 Å². The molecule has 9 heteroatoms. The van der Waals surface area contributed by atoms with Crippen LogP contribution in [0.15, 0.2) is 29.2 Å². The van der Waals surface area contributed by atoms with Crippen LogP contribution in [0.3, 0.4) is 0 Å². The first-order valence-corrected chi connectivity index (χ1v) is 17.7. The molecule has 5 saturated carbocycles. The predicted octanol–water partition coefficient (Wildman–Crippen LogP) is 5.66. The number of carbonyl (C=O) groups is 1. The molecule has 0 heterocycles. The summed E-state index contributed by atoms with van der Waals surface area (Å²) in [6.07, 6.45) is 9.63. The highest BCUT2D eigenvalue weighted by Gasteiger charge is 2.62. The van der Waals surface area contributed by atoms with Gasteiger partial charge in [0, 0.05) is 0 Å². The molecule has 1 amide bonds. The molecule has 0 saturated heterocycles. The lowest BCUT2D eigenvalue weighted by Gasteiger charge is -2.62. The van der Waals surface area contributed by atoms with Crippen molar-refractivity contribution in [1.29, 1.82) is 0 Å². The van der Waals surface area contributed by atoms with E-state index in [9.17, 15) is 23.4 Å². The van der Waals surface area contributed by atoms with Gasteiger partial charge in [-0.05, 0) is 141 Å². The van der Waals surface area contributed by atoms with Crippen molar-refractivity contribution in [3.63, 3.8) is 0 Å². The van der Waals surface area contributed by atoms with Crippen molar-refractivity contribution in [2.24, 2.45) is 46.3 Å². The fraction of sp³-hybridized carbons (Fsp3) is 0.788. The molecule has 0 radical (unpaired) electrons. The Morgan fingerprint density at radius 2 is 1.67 bits per heavy atom. The Morgan fingerprint density at radius 3 is 2.36 bits per heavy atom. The maximum Gasteiger partial charge on any atom is 0.421 e. The predicted molar refractivity (Wildman–Crippen MR) is 158 cm³/mol. The molecule has 0 unspecified atom stereocenters. The van der Waals surface area contributed by atoms with Crippen LogP contribution in [0.1, 0.15) is 91.4 Å². The molecule has 0 aliphatic heterocycles. The summed E-state index contributed by atoms with van der Waals surface area (Å²) in [6.45, 7) is 7.04. The van der Waals surface area contributed by atoms with Crippen LogP contribution in [0, 0.1) is 46.3 Å². The van der Waals surface area contributed by atoms with Crippen molar-refractivity contribution in [1.82, 2.24) is 4.72 Å². The van der Waals surface area contributed by atoms with Crippen molar-refractivity contribution < 1.29 is 32.9 Å². The zero-order chi connectivity index (χ0) is 29.9. The maximum atomic E-state index is 12.8. The second-order valence-corrected chi connectivity index (χ2v) is 16.5. The minimum Gasteiger partial charge on any atom is -0.490 e. The summed E-state index contributed by atoms with van der Waals surface area (Å²) in [7, 11) is -4.06. The number of sulfonamides is 1. The van der Waals surface area contributed by atoms with Gasteiger partial charge in [-0.1, -0.05) is 20.8 Å². The fourth-order valence-corrected chi connectivity index (χ4v) is 11.0. The van der Waals surface area contributed by atoms with Crippen molar-refractivity contribution in [2.45, 2.75) is 115 Å². The SMILES string of the molecule is C[C@H](COC(=O)NS(=O)(=O)c1ccc(OC2CCC2)cc1)[C@H]1CC[C@H]2[C@@H]3[C@H](O)C[C@@H]4C[C@H](O)CC[C@]4(C)[C@H]3CC[C@]12C. The lowest BCUT2D eigenvalue weighted by atomic mass is 9.43. The Kier molecular flexibility index (Phi) is 8.10. The number of fused-ring (bicyclic) bond motifs is 5. The normalized spacial score (nSPS) is 40.5. The van der Waals surface area contributed by atoms with Crippen LogP contribution >= 0.6 is 0 Å². The molecular weight excluding hydrogens is 554 g/mol. The van der Waals surface area contributed by atoms with Gasteiger partial charge < -0.3 is 19.7 Å². The Bertz CT molecular complexity index is 1250. The minimum atomic E-state index is -4.06. The van der Waals surface area contributed by atoms with E-state index in [1.807, 2.05) is 0 Å². The molecule has 1 aromatic carbocycles. The van der Waals surface area contributed by atoms with Gasteiger partial charge in [-0.25, -0.2) is 17.9 Å². The van der Waals surface area contributed by atoms with Crippen molar-refractivity contribution in [2.75, 3.05) is 6.61 Å². The number of ether oxygens (including phenoxy) is 2. The van der Waals surface area contributed by atoms with Crippen LogP contribution in [0.4, 0.5) is 4.79 Å². The summed E-state index contributed by atoms with van der Waals surface area (Å²) in [6, 6.07) is 6.13. The van der Waals surface area contributed by atoms with Gasteiger partial charge in [0.2, 0.25) is 0 Å². The van der Waals surface area contributed by atoms with E-state index >= 15 is 0 Å². The number of carbonyl (C=O) groups excluding carboxylic acids is 1. The number of hydrogen-bond donors (Lipinski definition) is 3. The average molecular weight is 604 g/mol. The number of amides is 1. The summed E-state index contributed by atoms with van der Waals surface area (Å²) in [4.78, 5) is 12.6. The minimum absolute atomic E-state index is 0.00851. The first-order chi connectivity index (χ1) is 19.9. The third-order valence-electron chi connectivity index (χ3n) is 12.6. The van der Waals surface area contributed by atoms with Crippen LogP contribution in [0.5, 0.6) is 5.75 Å². The van der Waals surface area contributed by atoms with E-state index in [0.29, 0.717) is 29.4 Å². The molecule has 6 rings (SSSR count). The van der Waals surface area contributed by atoms with E-state index in [0.717, 1.165) is 70.6 Å². The van der Waals surface area contributed by atoms with Crippen LogP contribution in [0.2, 0.25) is 0 Å². The van der Waals surface area contributed by atoms with Crippen LogP contribution < -0.4 is 9.46 Å². The third-order valence-corrected chi connectivity index (χ3v) is 13.9. The second-order valence-electron chi connectivity index (χ2n) is 14.8. The van der Waals surface area contributed by atoms with E-state index in [4.69, 9.17) is 9.47 Å². The largest absolute Gasteiger partial charge is 0.490 e. The molecule has 0 bridgehead atoms. The van der Waals surface area contributed by atoms with Gasteiger partial charge in [-0.3, -0.25) is 0 Å². The topological polar surface area (TPSA) is 122 Å². The highest BCUT2D eigenvalue weighted by Crippen LogP contribution is 2.68. The Balaban J connectivity index is 1.05. The smallest absolute Gasteiger partial charge is 0.421 e. The average Bonchev–Trinajstić information content (AvgIpc) is 3.27. The molecular formula is C33H49NO7S. The van der Waals surface area contributed by atoms with E-state index in [-0.39, 0.29) is 52.5 Å². The quantitative estimate of drug-likeness (QED) is 0.368. The Hall–Kier alpha value is -1.84. The molecule has 0 spiro atoms. The molecule has 0 aromatic heterocycles. The zero-order valence-corrected chi connectivity index (χ0v) is 26.2. The van der Waals surface area contributed by atoms with Crippen molar-refractivity contribution in [3.05, 3.63) is 24.3 Å². The third kappa shape index (κ3) is 5.36. The molecule has 3 N–H and O–H groups in total. The summed E-state index contributed by atoms with van der Waals surface area (Å²) in [5.74, 6) is 2.60. The second kappa shape index (κ2) is 11.3. The number of rotatable bonds is 7. The van der Waals surface area contributed by atoms with Crippen LogP contribution in [-0.2, 0) is 14.8 Å². The summed E-state index contributed by atoms with van der Waals surface area (Å²) >= 11 is 0. The molecule has 5 fully saturated rings. The zero-order valence-electron chi connectivity index (χ0n) is 25.3. The number of aliphatic hydroxyl groups excluding tert-OH is 2. The molecule has 42 heavy (non-hydrogen) atoms. The Morgan fingerprint density at radius 1 is 0.976 bits per heavy atom. The molecule has 1 aromatic rings. The van der Waals surface area contributed by atoms with Gasteiger partial charge in [0.1, 0.15) is 5.75 Å². The van der Waals surface area contributed by atoms with E-state index < -0.39 is 16.1 Å². The van der Waals surface area contributed by atoms with Crippen molar-refractivity contribution in [3.8, 4) is 5.75 Å². The standard InChI is InChI=1S/C33H49NO7S/c1-20(19-40-31(37)34-42(38,39)25-9-7-24(8-10-25)41-23-5-4-6-23)26-11-12-27-30-28(14-16-33(26,27)3)32(2)15-13-22(35)17-21(32)18-29(30)36/h7-10,20-23,26-30,35-36H,4-6,11-19H2,1-3H3,(H,34,37)/t20-,21+,22-,26-,27+,28+,29-,30+,32+,33-/m1/s1. The molecule has 234 valence electrons. The lowest BCUT2D eigenvalue weighted by Crippen LogP contribution is -2.58. The first kappa shape index (κ1) is 30.2. The van der Waals surface area contributed by atoms with Gasteiger partial charge >= 0.3 is 6.09 Å². The van der Waals surface area contributed by atoms with E-state index in [1.54, 1.807) is 12.1 Å². The highest BCUT2D eigenvalue weighted by molar-refractivity contribution is 7.90. The lowest BCUT2D eigenvalue weighted by molar-refractivity contribution is -0.174. The number of hydrogen-bond acceptors (Lipinski definition) is 7. The summed E-state index contributed by atoms with van der Waals surface area (Å²) in [5.41, 5.74) is 0.235. The monoisotopic (exact) mass is 603 g/mol. The first-order valence-electron chi connectivity index (χ1n) is 16.2. The van der Waals surface area contributed by atoms with Crippen LogP contribution in [-0.4, -0.2) is 49.6 Å². The van der Waals surface area contributed by atoms with Gasteiger partial charge in [0.25, 0.3) is 10.0 Å². The molecule has 5 aliphatic rings. The highest BCUT2D eigenvalue weighted by atomic mass is 32.2. The molecule has 8 nitrogen and oxygen atoms in total. The number of aliphatic hydroxyl groups is 2. The fourth-order valence-electron chi connectivity index (χ4n) is 10.1. The van der Waals surface area contributed by atoms with Gasteiger partial charge in [-0.15, -0.1) is 0 Å². The maximum absolute atomic E-state index is 12.8. The Labute approximate surface area is 251 Å². The van der Waals surface area contributed by atoms with E-state index in [1.165, 1.54) is 12.1 Å². The summed E-state index contributed by atoms with van der Waals surface area (Å²) < 4.78 is 39.0. The molecule has 10 atom stereocenters. The van der Waals surface area contributed by atoms with E-state index in [2.05, 4.69) is 25.5 Å². The molecule has 5 aliphatic carbocycles. The van der Waals surface area contributed by atoms with Gasteiger partial charge in [0.05, 0.1) is 29.8 Å². The number of benzene rings is 1. The summed E-state index contributed by atoms with van der Waals surface area (Å²) in [5, 5.41) is 21.8. The van der Waals surface area contributed by atoms with Crippen molar-refractivity contribution >= 4 is 16.1 Å². The van der Waals surface area contributed by atoms with Crippen LogP contribution in [0.25, 0.3) is 0 Å². The number of nitrogens with one attached hydrogen (secondary N) is 1. The van der Waals surface area contributed by atoms with Gasteiger partial charge in [-0.2, -0.15) is 0 Å².